The first-order valence-corrected chi connectivity index (χ1v) is 7.22. The lowest BCUT2D eigenvalue weighted by atomic mass is 9.94. The minimum absolute atomic E-state index is 0.557. The van der Waals surface area contributed by atoms with Crippen molar-refractivity contribution in [3.05, 3.63) is 18.3 Å². The fourth-order valence-electron chi connectivity index (χ4n) is 2.70. The average molecular weight is 269 g/mol. The van der Waals surface area contributed by atoms with E-state index in [2.05, 4.69) is 9.88 Å². The summed E-state index contributed by atoms with van der Waals surface area (Å²) in [6, 6.07) is 4.43. The number of aromatic nitrogens is 1. The third kappa shape index (κ3) is 3.08. The standard InChI is InChI=1S/C14H21ClN2O/c1-18-13-8-5-10-16-14(13)17(11-9-15)12-6-3-2-4-7-12/h5,8,10,12H,2-4,6-7,9,11H2,1H3. The van der Waals surface area contributed by atoms with Gasteiger partial charge in [-0.1, -0.05) is 19.3 Å². The summed E-state index contributed by atoms with van der Waals surface area (Å²) in [6.45, 7) is 0.833. The number of rotatable bonds is 5. The molecule has 0 radical (unpaired) electrons. The molecule has 0 aliphatic heterocycles. The van der Waals surface area contributed by atoms with Gasteiger partial charge in [0.2, 0.25) is 0 Å². The highest BCUT2D eigenvalue weighted by Crippen LogP contribution is 2.31. The highest BCUT2D eigenvalue weighted by Gasteiger charge is 2.24. The van der Waals surface area contributed by atoms with E-state index in [1.807, 2.05) is 18.3 Å². The molecule has 0 saturated heterocycles. The number of pyridine rings is 1. The number of nitrogens with zero attached hydrogens (tertiary/aromatic N) is 2. The van der Waals surface area contributed by atoms with Gasteiger partial charge in [-0.05, 0) is 25.0 Å². The second kappa shape index (κ2) is 6.83. The lowest BCUT2D eigenvalue weighted by molar-refractivity contribution is 0.393. The Kier molecular flexibility index (Phi) is 5.12. The van der Waals surface area contributed by atoms with Gasteiger partial charge in [-0.3, -0.25) is 0 Å². The summed E-state index contributed by atoms with van der Waals surface area (Å²) in [4.78, 5) is 6.81. The van der Waals surface area contributed by atoms with Crippen LogP contribution in [0.25, 0.3) is 0 Å². The molecule has 0 unspecified atom stereocenters. The van der Waals surface area contributed by atoms with Crippen LogP contribution in [-0.2, 0) is 0 Å². The first-order chi connectivity index (χ1) is 8.86. The van der Waals surface area contributed by atoms with Gasteiger partial charge >= 0.3 is 0 Å². The summed E-state index contributed by atoms with van der Waals surface area (Å²) >= 11 is 5.95. The van der Waals surface area contributed by atoms with Crippen LogP contribution in [0.15, 0.2) is 18.3 Å². The van der Waals surface area contributed by atoms with E-state index in [0.29, 0.717) is 11.9 Å². The van der Waals surface area contributed by atoms with E-state index in [9.17, 15) is 0 Å². The number of hydrogen-bond donors (Lipinski definition) is 0. The van der Waals surface area contributed by atoms with E-state index in [1.165, 1.54) is 32.1 Å². The summed E-state index contributed by atoms with van der Waals surface area (Å²) in [6.07, 6.45) is 8.25. The van der Waals surface area contributed by atoms with Gasteiger partial charge in [0.05, 0.1) is 7.11 Å². The predicted octanol–water partition coefficient (Wildman–Crippen LogP) is 3.47. The number of hydrogen-bond acceptors (Lipinski definition) is 3. The minimum Gasteiger partial charge on any atom is -0.493 e. The molecule has 0 spiro atoms. The second-order valence-electron chi connectivity index (χ2n) is 4.70. The van der Waals surface area contributed by atoms with Crippen molar-refractivity contribution in [3.63, 3.8) is 0 Å². The van der Waals surface area contributed by atoms with Crippen LogP contribution in [0.5, 0.6) is 5.75 Å². The van der Waals surface area contributed by atoms with Crippen LogP contribution in [0.2, 0.25) is 0 Å². The van der Waals surface area contributed by atoms with Crippen LogP contribution >= 0.6 is 11.6 Å². The zero-order chi connectivity index (χ0) is 12.8. The maximum absolute atomic E-state index is 5.95. The van der Waals surface area contributed by atoms with Crippen LogP contribution in [0, 0.1) is 0 Å². The molecule has 1 aliphatic carbocycles. The molecule has 1 saturated carbocycles. The van der Waals surface area contributed by atoms with Gasteiger partial charge < -0.3 is 9.64 Å². The van der Waals surface area contributed by atoms with Crippen molar-refractivity contribution in [2.75, 3.05) is 24.4 Å². The smallest absolute Gasteiger partial charge is 0.171 e. The number of ether oxygens (including phenoxy) is 1. The molecule has 0 bridgehead atoms. The van der Waals surface area contributed by atoms with E-state index in [1.54, 1.807) is 7.11 Å². The SMILES string of the molecule is COc1cccnc1N(CCCl)C1CCCCC1. The summed E-state index contributed by atoms with van der Waals surface area (Å²) in [7, 11) is 1.69. The Hall–Kier alpha value is -0.960. The highest BCUT2D eigenvalue weighted by molar-refractivity contribution is 6.18. The molecule has 18 heavy (non-hydrogen) atoms. The van der Waals surface area contributed by atoms with Gasteiger partial charge in [0.1, 0.15) is 0 Å². The molecule has 0 N–H and O–H groups in total. The van der Waals surface area contributed by atoms with Crippen molar-refractivity contribution in [3.8, 4) is 5.75 Å². The van der Waals surface area contributed by atoms with Gasteiger partial charge in [0.25, 0.3) is 0 Å². The number of alkyl halides is 1. The molecule has 1 aromatic rings. The first-order valence-electron chi connectivity index (χ1n) is 6.68. The summed E-state index contributed by atoms with van der Waals surface area (Å²) in [5, 5.41) is 0. The van der Waals surface area contributed by atoms with Gasteiger partial charge in [-0.15, -0.1) is 11.6 Å². The van der Waals surface area contributed by atoms with E-state index < -0.39 is 0 Å². The molecule has 2 rings (SSSR count). The summed E-state index contributed by atoms with van der Waals surface area (Å²) in [5.41, 5.74) is 0. The monoisotopic (exact) mass is 268 g/mol. The van der Waals surface area contributed by atoms with E-state index in [0.717, 1.165) is 18.1 Å². The Bertz CT molecular complexity index is 367. The van der Waals surface area contributed by atoms with Crippen molar-refractivity contribution in [2.45, 2.75) is 38.1 Å². The fraction of sp³-hybridized carbons (Fsp3) is 0.643. The first kappa shape index (κ1) is 13.5. The number of anilines is 1. The van der Waals surface area contributed by atoms with Gasteiger partial charge in [0, 0.05) is 24.7 Å². The number of halogens is 1. The molecule has 0 aromatic carbocycles. The van der Waals surface area contributed by atoms with Crippen molar-refractivity contribution >= 4 is 17.4 Å². The molecule has 1 heterocycles. The van der Waals surface area contributed by atoms with Crippen molar-refractivity contribution in [1.82, 2.24) is 4.98 Å². The molecule has 3 nitrogen and oxygen atoms in total. The second-order valence-corrected chi connectivity index (χ2v) is 5.08. The lowest BCUT2D eigenvalue weighted by Gasteiger charge is -2.35. The Morgan fingerprint density at radius 3 is 2.83 bits per heavy atom. The molecule has 100 valence electrons. The van der Waals surface area contributed by atoms with E-state index in [-0.39, 0.29) is 0 Å². The zero-order valence-corrected chi connectivity index (χ0v) is 11.7. The molecule has 1 aromatic heterocycles. The fourth-order valence-corrected chi connectivity index (χ4v) is 2.88. The zero-order valence-electron chi connectivity index (χ0n) is 10.9. The van der Waals surface area contributed by atoms with Crippen molar-refractivity contribution < 1.29 is 4.74 Å². The normalized spacial score (nSPS) is 16.6. The molecule has 1 fully saturated rings. The Morgan fingerprint density at radius 1 is 1.39 bits per heavy atom. The Balaban J connectivity index is 2.22. The number of methoxy groups -OCH3 is 1. The lowest BCUT2D eigenvalue weighted by Crippen LogP contribution is -2.39. The highest BCUT2D eigenvalue weighted by atomic mass is 35.5. The molecule has 0 amide bonds. The molecular weight excluding hydrogens is 248 g/mol. The van der Waals surface area contributed by atoms with Crippen LogP contribution < -0.4 is 9.64 Å². The molecule has 1 aliphatic rings. The van der Waals surface area contributed by atoms with Crippen LogP contribution in [-0.4, -0.2) is 30.6 Å². The third-order valence-electron chi connectivity index (χ3n) is 3.58. The maximum atomic E-state index is 5.95. The quantitative estimate of drug-likeness (QED) is 0.765. The summed E-state index contributed by atoms with van der Waals surface area (Å²) < 4.78 is 5.42. The largest absolute Gasteiger partial charge is 0.493 e. The van der Waals surface area contributed by atoms with E-state index in [4.69, 9.17) is 16.3 Å². The Morgan fingerprint density at radius 2 is 2.17 bits per heavy atom. The predicted molar refractivity (Wildman–Crippen MR) is 75.7 cm³/mol. The maximum Gasteiger partial charge on any atom is 0.171 e. The van der Waals surface area contributed by atoms with Crippen molar-refractivity contribution in [1.29, 1.82) is 0 Å². The molecule has 0 atom stereocenters. The molecular formula is C14H21ClN2O. The van der Waals surface area contributed by atoms with Gasteiger partial charge in [-0.2, -0.15) is 0 Å². The Labute approximate surface area is 114 Å². The van der Waals surface area contributed by atoms with Crippen LogP contribution in [0.1, 0.15) is 32.1 Å². The van der Waals surface area contributed by atoms with Crippen molar-refractivity contribution in [2.24, 2.45) is 0 Å². The van der Waals surface area contributed by atoms with Crippen LogP contribution in [0.3, 0.4) is 0 Å². The topological polar surface area (TPSA) is 25.4 Å². The van der Waals surface area contributed by atoms with E-state index >= 15 is 0 Å². The van der Waals surface area contributed by atoms with Crippen LogP contribution in [0.4, 0.5) is 5.82 Å². The average Bonchev–Trinajstić information content (AvgIpc) is 2.46. The van der Waals surface area contributed by atoms with Gasteiger partial charge in [-0.25, -0.2) is 4.98 Å². The van der Waals surface area contributed by atoms with Gasteiger partial charge in [0.15, 0.2) is 11.6 Å². The third-order valence-corrected chi connectivity index (χ3v) is 3.75. The summed E-state index contributed by atoms with van der Waals surface area (Å²) in [5.74, 6) is 2.40. The molecule has 4 heteroatoms. The minimum atomic E-state index is 0.557.